The number of fused-ring (bicyclic) bond motifs is 1. The van der Waals surface area contributed by atoms with Gasteiger partial charge < -0.3 is 4.57 Å². The smallest absolute Gasteiger partial charge is 0.123 e. The highest BCUT2D eigenvalue weighted by Crippen LogP contribution is 2.12. The molecule has 0 aliphatic carbocycles. The van der Waals surface area contributed by atoms with Gasteiger partial charge in [0.25, 0.3) is 0 Å². The van der Waals surface area contributed by atoms with Crippen LogP contribution in [-0.4, -0.2) is 28.0 Å². The van der Waals surface area contributed by atoms with Crippen molar-refractivity contribution in [3.63, 3.8) is 0 Å². The first-order chi connectivity index (χ1) is 6.29. The Morgan fingerprint density at radius 3 is 3.08 bits per heavy atom. The highest BCUT2D eigenvalue weighted by Gasteiger charge is 2.14. The third kappa shape index (κ3) is 1.75. The molecule has 0 atom stereocenters. The zero-order chi connectivity index (χ0) is 9.26. The summed E-state index contributed by atoms with van der Waals surface area (Å²) in [6.45, 7) is 5.45. The SMILES string of the molecule is CCCc1cn2c(n1)CN(C)CC2. The first-order valence-corrected chi connectivity index (χ1v) is 5.03. The summed E-state index contributed by atoms with van der Waals surface area (Å²) in [5.74, 6) is 1.23. The molecule has 1 aromatic rings. The van der Waals surface area contributed by atoms with Gasteiger partial charge in [0, 0.05) is 19.3 Å². The lowest BCUT2D eigenvalue weighted by Gasteiger charge is -2.22. The van der Waals surface area contributed by atoms with Crippen molar-refractivity contribution in [2.45, 2.75) is 32.9 Å². The Morgan fingerprint density at radius 2 is 2.31 bits per heavy atom. The van der Waals surface area contributed by atoms with Crippen molar-refractivity contribution in [3.05, 3.63) is 17.7 Å². The number of hydrogen-bond acceptors (Lipinski definition) is 2. The van der Waals surface area contributed by atoms with E-state index in [9.17, 15) is 0 Å². The second kappa shape index (κ2) is 3.50. The summed E-state index contributed by atoms with van der Waals surface area (Å²) in [5.41, 5.74) is 1.26. The fraction of sp³-hybridized carbons (Fsp3) is 0.700. The van der Waals surface area contributed by atoms with Crippen LogP contribution in [0.5, 0.6) is 0 Å². The van der Waals surface area contributed by atoms with Crippen molar-refractivity contribution >= 4 is 0 Å². The number of rotatable bonds is 2. The minimum absolute atomic E-state index is 1.00. The van der Waals surface area contributed by atoms with E-state index in [1.54, 1.807) is 0 Å². The summed E-state index contributed by atoms with van der Waals surface area (Å²) in [5, 5.41) is 0. The summed E-state index contributed by atoms with van der Waals surface area (Å²) >= 11 is 0. The van der Waals surface area contributed by atoms with Crippen LogP contribution in [0.3, 0.4) is 0 Å². The van der Waals surface area contributed by atoms with E-state index >= 15 is 0 Å². The maximum Gasteiger partial charge on any atom is 0.123 e. The molecule has 1 aliphatic rings. The first kappa shape index (κ1) is 8.75. The molecule has 0 saturated heterocycles. The Morgan fingerprint density at radius 1 is 1.46 bits per heavy atom. The summed E-state index contributed by atoms with van der Waals surface area (Å²) < 4.78 is 2.30. The van der Waals surface area contributed by atoms with E-state index < -0.39 is 0 Å². The second-order valence-electron chi connectivity index (χ2n) is 3.83. The van der Waals surface area contributed by atoms with Crippen molar-refractivity contribution in [1.82, 2.24) is 14.5 Å². The van der Waals surface area contributed by atoms with E-state index in [1.165, 1.54) is 17.9 Å². The molecule has 1 aromatic heterocycles. The van der Waals surface area contributed by atoms with Gasteiger partial charge in [-0.2, -0.15) is 0 Å². The van der Waals surface area contributed by atoms with Crippen LogP contribution in [0.15, 0.2) is 6.20 Å². The standard InChI is InChI=1S/C10H17N3/c1-3-4-9-7-13-6-5-12(2)8-10(13)11-9/h7H,3-6,8H2,1-2H3. The van der Waals surface area contributed by atoms with Gasteiger partial charge in [-0.25, -0.2) is 4.98 Å². The van der Waals surface area contributed by atoms with Crippen molar-refractivity contribution in [2.24, 2.45) is 0 Å². The lowest BCUT2D eigenvalue weighted by molar-refractivity contribution is 0.264. The van der Waals surface area contributed by atoms with Crippen LogP contribution < -0.4 is 0 Å². The molecule has 0 N–H and O–H groups in total. The maximum absolute atomic E-state index is 4.61. The average molecular weight is 179 g/mol. The number of imidazole rings is 1. The molecule has 0 unspecified atom stereocenters. The molecule has 2 heterocycles. The molecule has 0 fully saturated rings. The predicted octanol–water partition coefficient (Wildman–Crippen LogP) is 1.28. The zero-order valence-electron chi connectivity index (χ0n) is 8.45. The third-order valence-electron chi connectivity index (χ3n) is 2.55. The average Bonchev–Trinajstić information content (AvgIpc) is 2.46. The molecule has 0 bridgehead atoms. The van der Waals surface area contributed by atoms with E-state index in [4.69, 9.17) is 0 Å². The van der Waals surface area contributed by atoms with Crippen molar-refractivity contribution < 1.29 is 0 Å². The molecule has 3 nitrogen and oxygen atoms in total. The van der Waals surface area contributed by atoms with Crippen LogP contribution in [0.1, 0.15) is 24.9 Å². The third-order valence-corrected chi connectivity index (χ3v) is 2.55. The first-order valence-electron chi connectivity index (χ1n) is 5.03. The lowest BCUT2D eigenvalue weighted by atomic mass is 10.3. The maximum atomic E-state index is 4.61. The topological polar surface area (TPSA) is 21.1 Å². The van der Waals surface area contributed by atoms with Gasteiger partial charge in [-0.15, -0.1) is 0 Å². The summed E-state index contributed by atoms with van der Waals surface area (Å²) in [6, 6.07) is 0. The minimum Gasteiger partial charge on any atom is -0.332 e. The fourth-order valence-electron chi connectivity index (χ4n) is 1.81. The molecule has 2 rings (SSSR count). The molecule has 0 spiro atoms. The Bertz CT molecular complexity index is 290. The second-order valence-corrected chi connectivity index (χ2v) is 3.83. The largest absolute Gasteiger partial charge is 0.332 e. The zero-order valence-corrected chi connectivity index (χ0v) is 8.45. The molecule has 72 valence electrons. The highest BCUT2D eigenvalue weighted by molar-refractivity contribution is 5.06. The monoisotopic (exact) mass is 179 g/mol. The minimum atomic E-state index is 1.00. The van der Waals surface area contributed by atoms with Gasteiger partial charge in [-0.1, -0.05) is 13.3 Å². The molecule has 1 aliphatic heterocycles. The molecule has 0 aromatic carbocycles. The van der Waals surface area contributed by atoms with Gasteiger partial charge in [0.2, 0.25) is 0 Å². The van der Waals surface area contributed by atoms with Crippen molar-refractivity contribution in [3.8, 4) is 0 Å². The van der Waals surface area contributed by atoms with Crippen molar-refractivity contribution in [1.29, 1.82) is 0 Å². The quantitative estimate of drug-likeness (QED) is 0.682. The van der Waals surface area contributed by atoms with Gasteiger partial charge in [-0.05, 0) is 13.5 Å². The molecule has 0 saturated carbocycles. The number of hydrogen-bond donors (Lipinski definition) is 0. The van der Waals surface area contributed by atoms with E-state index in [1.807, 2.05) is 0 Å². The number of likely N-dealkylation sites (N-methyl/N-ethyl adjacent to an activating group) is 1. The van der Waals surface area contributed by atoms with Crippen LogP contribution in [0.25, 0.3) is 0 Å². The molecule has 13 heavy (non-hydrogen) atoms. The van der Waals surface area contributed by atoms with Crippen LogP contribution in [0, 0.1) is 0 Å². The molecule has 0 radical (unpaired) electrons. The molecular weight excluding hydrogens is 162 g/mol. The molecule has 3 heteroatoms. The van der Waals surface area contributed by atoms with Crippen LogP contribution in [0.2, 0.25) is 0 Å². The number of aromatic nitrogens is 2. The van der Waals surface area contributed by atoms with Gasteiger partial charge in [0.05, 0.1) is 12.2 Å². The summed E-state index contributed by atoms with van der Waals surface area (Å²) in [6.07, 6.45) is 4.52. The van der Waals surface area contributed by atoms with E-state index in [2.05, 4.69) is 34.6 Å². The Balaban J connectivity index is 2.18. The Labute approximate surface area is 79.4 Å². The van der Waals surface area contributed by atoms with Gasteiger partial charge in [0.1, 0.15) is 5.82 Å². The Hall–Kier alpha value is -0.830. The lowest BCUT2D eigenvalue weighted by Crippen LogP contribution is -2.30. The van der Waals surface area contributed by atoms with Gasteiger partial charge in [0.15, 0.2) is 0 Å². The van der Waals surface area contributed by atoms with Gasteiger partial charge >= 0.3 is 0 Å². The van der Waals surface area contributed by atoms with Crippen LogP contribution in [-0.2, 0) is 19.5 Å². The highest BCUT2D eigenvalue weighted by atomic mass is 15.2. The number of nitrogens with zero attached hydrogens (tertiary/aromatic N) is 3. The summed E-state index contributed by atoms with van der Waals surface area (Å²) in [7, 11) is 2.15. The van der Waals surface area contributed by atoms with Crippen LogP contribution >= 0.6 is 0 Å². The fourth-order valence-corrected chi connectivity index (χ4v) is 1.81. The van der Waals surface area contributed by atoms with Gasteiger partial charge in [-0.3, -0.25) is 4.90 Å². The van der Waals surface area contributed by atoms with Crippen LogP contribution in [0.4, 0.5) is 0 Å². The Kier molecular flexibility index (Phi) is 2.36. The predicted molar refractivity (Wildman–Crippen MR) is 52.6 cm³/mol. The molecular formula is C10H17N3. The molecule has 0 amide bonds. The summed E-state index contributed by atoms with van der Waals surface area (Å²) in [4.78, 5) is 6.93. The van der Waals surface area contributed by atoms with Crippen molar-refractivity contribution in [2.75, 3.05) is 13.6 Å². The number of aryl methyl sites for hydroxylation is 1. The van der Waals surface area contributed by atoms with E-state index in [0.29, 0.717) is 0 Å². The normalized spacial score (nSPS) is 17.4. The van der Waals surface area contributed by atoms with E-state index in [-0.39, 0.29) is 0 Å². The van der Waals surface area contributed by atoms with E-state index in [0.717, 1.165) is 26.1 Å².